The molecule has 8 aliphatic rings. The Morgan fingerprint density at radius 1 is 0.953 bits per heavy atom. The van der Waals surface area contributed by atoms with Crippen molar-refractivity contribution in [1.82, 2.24) is 10.2 Å². The molecule has 5 saturated carbocycles. The number of carbonyl (C=O) groups excluding carboxylic acids is 1. The summed E-state index contributed by atoms with van der Waals surface area (Å²) in [6.07, 6.45) is 14.4. The zero-order valence-corrected chi connectivity index (χ0v) is 27.6. The number of carbonyl (C=O) groups is 1. The maximum absolute atomic E-state index is 12.8. The molecule has 43 heavy (non-hydrogen) atoms. The summed E-state index contributed by atoms with van der Waals surface area (Å²) >= 11 is 0. The highest BCUT2D eigenvalue weighted by Crippen LogP contribution is 2.87. The van der Waals surface area contributed by atoms with Crippen LogP contribution < -0.4 is 5.32 Å². The van der Waals surface area contributed by atoms with E-state index in [1.807, 2.05) is 4.90 Å². The molecule has 0 aromatic heterocycles. The van der Waals surface area contributed by atoms with Crippen molar-refractivity contribution in [3.63, 3.8) is 0 Å². The molecule has 0 radical (unpaired) electrons. The minimum absolute atomic E-state index is 0.0339. The summed E-state index contributed by atoms with van der Waals surface area (Å²) in [4.78, 5) is 14.6. The number of nitrogens with one attached hydrogen (secondary N) is 1. The van der Waals surface area contributed by atoms with E-state index < -0.39 is 0 Å². The van der Waals surface area contributed by atoms with Gasteiger partial charge in [0, 0.05) is 26.2 Å². The van der Waals surface area contributed by atoms with Crippen LogP contribution in [-0.2, 0) is 18.9 Å². The Bertz CT molecular complexity index is 1090. The lowest BCUT2D eigenvalue weighted by molar-refractivity contribution is -0.232. The first-order chi connectivity index (χ1) is 20.6. The van der Waals surface area contributed by atoms with Crippen molar-refractivity contribution in [1.29, 1.82) is 0 Å². The molecule has 5 aliphatic carbocycles. The average Bonchev–Trinajstić information content (AvgIpc) is 3.52. The molecule has 3 aliphatic heterocycles. The number of ether oxygens (including phenoxy) is 4. The summed E-state index contributed by atoms with van der Waals surface area (Å²) in [5, 5.41) is 3.45. The maximum atomic E-state index is 12.8. The van der Waals surface area contributed by atoms with Crippen LogP contribution in [0.2, 0.25) is 0 Å². The number of amides is 1. The van der Waals surface area contributed by atoms with E-state index in [-0.39, 0.29) is 35.9 Å². The molecular formula is C36H58N2O5. The van der Waals surface area contributed by atoms with Crippen molar-refractivity contribution >= 4 is 6.09 Å². The second-order valence-corrected chi connectivity index (χ2v) is 17.4. The molecule has 242 valence electrons. The number of hydrogen-bond donors (Lipinski definition) is 1. The SMILES string of the molecule is CC(C)[C@@H](OC(=O)N1CCC1)C1CCC2C(CC3C4CCC5C(C)(C)[C@@H](OC6CNCCO6)CC[C@@]56C[C@@]46CC[C@]23C)O1. The van der Waals surface area contributed by atoms with Gasteiger partial charge in [-0.3, -0.25) is 0 Å². The first-order valence-corrected chi connectivity index (χ1v) is 18.2. The lowest BCUT2D eigenvalue weighted by atomic mass is 9.46. The quantitative estimate of drug-likeness (QED) is 0.396. The Morgan fingerprint density at radius 2 is 1.77 bits per heavy atom. The molecule has 0 aromatic carbocycles. The van der Waals surface area contributed by atoms with Crippen molar-refractivity contribution in [2.75, 3.05) is 32.8 Å². The maximum Gasteiger partial charge on any atom is 0.410 e. The molecule has 1 amide bonds. The number of nitrogens with zero attached hydrogens (tertiary/aromatic N) is 1. The fourth-order valence-electron chi connectivity index (χ4n) is 12.9. The number of hydrogen-bond acceptors (Lipinski definition) is 6. The molecule has 0 aromatic rings. The van der Waals surface area contributed by atoms with Gasteiger partial charge in [0.2, 0.25) is 0 Å². The van der Waals surface area contributed by atoms with E-state index >= 15 is 0 Å². The van der Waals surface area contributed by atoms with Crippen LogP contribution in [0.3, 0.4) is 0 Å². The standard InChI is InChI=1S/C36H58N2O5/c1-22(2)31(43-32(39)38-16-6-17-38)26-9-7-24-27(41-26)19-25-23-8-10-28-33(3,4)29(42-30-20-37-15-18-40-30)11-12-36(28)21-35(23,36)14-13-34(24,25)5/h22-31,37H,6-21H2,1-5H3/t23?,24?,25?,26?,27?,28?,29-,30?,31+,34+,35-,36+/m0/s1. The lowest BCUT2D eigenvalue weighted by Gasteiger charge is -2.60. The molecule has 7 nitrogen and oxygen atoms in total. The molecule has 8 rings (SSSR count). The van der Waals surface area contributed by atoms with E-state index in [1.54, 1.807) is 0 Å². The van der Waals surface area contributed by atoms with Gasteiger partial charge in [0.1, 0.15) is 6.10 Å². The van der Waals surface area contributed by atoms with Crippen LogP contribution in [0.15, 0.2) is 0 Å². The number of morpholine rings is 1. The van der Waals surface area contributed by atoms with Gasteiger partial charge in [0.15, 0.2) is 6.29 Å². The summed E-state index contributed by atoms with van der Waals surface area (Å²) in [7, 11) is 0. The van der Waals surface area contributed by atoms with E-state index in [9.17, 15) is 4.79 Å². The third-order valence-electron chi connectivity index (χ3n) is 15.1. The molecule has 1 N–H and O–H groups in total. The predicted molar refractivity (Wildman–Crippen MR) is 164 cm³/mol. The van der Waals surface area contributed by atoms with Crippen molar-refractivity contribution < 1.29 is 23.7 Å². The van der Waals surface area contributed by atoms with Gasteiger partial charge in [-0.2, -0.15) is 0 Å². The summed E-state index contributed by atoms with van der Waals surface area (Å²) in [5.74, 6) is 3.30. The third-order valence-corrected chi connectivity index (χ3v) is 15.1. The number of rotatable bonds is 5. The fourth-order valence-corrected chi connectivity index (χ4v) is 12.9. The van der Waals surface area contributed by atoms with Crippen LogP contribution in [0.25, 0.3) is 0 Å². The fraction of sp³-hybridized carbons (Fsp3) is 0.972. The van der Waals surface area contributed by atoms with Gasteiger partial charge in [0.25, 0.3) is 0 Å². The minimum Gasteiger partial charge on any atom is -0.443 e. The lowest BCUT2D eigenvalue weighted by Crippen LogP contribution is -2.56. The van der Waals surface area contributed by atoms with E-state index in [1.165, 1.54) is 57.8 Å². The van der Waals surface area contributed by atoms with Crippen LogP contribution in [0.5, 0.6) is 0 Å². The highest BCUT2D eigenvalue weighted by molar-refractivity contribution is 5.68. The third kappa shape index (κ3) is 4.29. The first kappa shape index (κ1) is 29.5. The van der Waals surface area contributed by atoms with Crippen LogP contribution in [0, 0.1) is 51.2 Å². The van der Waals surface area contributed by atoms with Crippen LogP contribution in [0.1, 0.15) is 105 Å². The summed E-state index contributed by atoms with van der Waals surface area (Å²) in [6.45, 7) is 16.3. The number of fused-ring (bicyclic) bond motifs is 4. The molecule has 7 heteroatoms. The molecular weight excluding hydrogens is 540 g/mol. The Hall–Kier alpha value is -0.890. The molecule has 2 spiro atoms. The topological polar surface area (TPSA) is 69.3 Å². The molecule has 3 heterocycles. The van der Waals surface area contributed by atoms with Crippen molar-refractivity contribution in [3.05, 3.63) is 0 Å². The van der Waals surface area contributed by atoms with Crippen LogP contribution >= 0.6 is 0 Å². The normalized spacial score (nSPS) is 50.3. The van der Waals surface area contributed by atoms with E-state index in [0.29, 0.717) is 34.4 Å². The van der Waals surface area contributed by atoms with Gasteiger partial charge >= 0.3 is 6.09 Å². The molecule has 12 atom stereocenters. The predicted octanol–water partition coefficient (Wildman–Crippen LogP) is 6.39. The zero-order valence-electron chi connectivity index (χ0n) is 27.6. The molecule has 0 bridgehead atoms. The Balaban J connectivity index is 0.973. The Labute approximate surface area is 259 Å². The summed E-state index contributed by atoms with van der Waals surface area (Å²) in [5.41, 5.74) is 1.65. The summed E-state index contributed by atoms with van der Waals surface area (Å²) in [6, 6.07) is 0. The second-order valence-electron chi connectivity index (χ2n) is 17.4. The Kier molecular flexibility index (Phi) is 7.07. The van der Waals surface area contributed by atoms with Gasteiger partial charge in [-0.05, 0) is 122 Å². The van der Waals surface area contributed by atoms with E-state index in [4.69, 9.17) is 18.9 Å². The van der Waals surface area contributed by atoms with Gasteiger partial charge in [-0.1, -0.05) is 34.6 Å². The smallest absolute Gasteiger partial charge is 0.410 e. The van der Waals surface area contributed by atoms with Crippen molar-refractivity contribution in [2.24, 2.45) is 51.2 Å². The second kappa shape index (κ2) is 10.3. The molecule has 8 fully saturated rings. The largest absolute Gasteiger partial charge is 0.443 e. The number of likely N-dealkylation sites (tertiary alicyclic amines) is 1. The first-order valence-electron chi connectivity index (χ1n) is 18.2. The van der Waals surface area contributed by atoms with E-state index in [2.05, 4.69) is 39.9 Å². The highest BCUT2D eigenvalue weighted by Gasteiger charge is 2.80. The van der Waals surface area contributed by atoms with Gasteiger partial charge in [0.05, 0.1) is 24.9 Å². The van der Waals surface area contributed by atoms with Crippen molar-refractivity contribution in [2.45, 2.75) is 136 Å². The van der Waals surface area contributed by atoms with Gasteiger partial charge in [-0.15, -0.1) is 0 Å². The molecule has 7 unspecified atom stereocenters. The zero-order chi connectivity index (χ0) is 29.8. The van der Waals surface area contributed by atoms with Gasteiger partial charge in [-0.25, -0.2) is 4.79 Å². The van der Waals surface area contributed by atoms with E-state index in [0.717, 1.165) is 63.4 Å². The average molecular weight is 599 g/mol. The monoisotopic (exact) mass is 598 g/mol. The van der Waals surface area contributed by atoms with Crippen LogP contribution in [0.4, 0.5) is 4.79 Å². The Morgan fingerprint density at radius 3 is 2.49 bits per heavy atom. The van der Waals surface area contributed by atoms with Gasteiger partial charge < -0.3 is 29.2 Å². The van der Waals surface area contributed by atoms with Crippen LogP contribution in [-0.4, -0.2) is 74.5 Å². The highest BCUT2D eigenvalue weighted by atomic mass is 16.7. The summed E-state index contributed by atoms with van der Waals surface area (Å²) < 4.78 is 25.9. The molecule has 3 saturated heterocycles. The van der Waals surface area contributed by atoms with Crippen molar-refractivity contribution in [3.8, 4) is 0 Å². The minimum atomic E-state index is -0.146.